The third-order valence-corrected chi connectivity index (χ3v) is 4.01. The monoisotopic (exact) mass is 348 g/mol. The number of carbonyl (C=O) groups excluding carboxylic acids is 2. The molecule has 1 aromatic heterocycles. The normalized spacial score (nSPS) is 11.7. The highest BCUT2D eigenvalue weighted by atomic mass is 16.3. The number of nitrogens with one attached hydrogen (secondary N) is 2. The largest absolute Gasteiger partial charge is 0.467 e. The maximum absolute atomic E-state index is 12.4. The number of benzene rings is 2. The van der Waals surface area contributed by atoms with E-state index in [1.807, 2.05) is 42.5 Å². The van der Waals surface area contributed by atoms with Crippen molar-refractivity contribution in [1.29, 1.82) is 0 Å². The smallest absolute Gasteiger partial charge is 0.238 e. The van der Waals surface area contributed by atoms with Crippen LogP contribution in [0.15, 0.2) is 77.4 Å². The summed E-state index contributed by atoms with van der Waals surface area (Å²) in [6.45, 7) is 1.55. The molecular formula is C21H20N2O3. The summed E-state index contributed by atoms with van der Waals surface area (Å²) in [5.74, 6) is 0.408. The summed E-state index contributed by atoms with van der Waals surface area (Å²) < 4.78 is 5.51. The number of hydrogen-bond acceptors (Lipinski definition) is 4. The Balaban J connectivity index is 1.70. The lowest BCUT2D eigenvalue weighted by molar-refractivity contribution is -0.115. The van der Waals surface area contributed by atoms with E-state index in [4.69, 9.17) is 4.42 Å². The Labute approximate surface area is 152 Å². The second kappa shape index (κ2) is 8.27. The number of ketones is 1. The molecule has 3 rings (SSSR count). The van der Waals surface area contributed by atoms with Crippen molar-refractivity contribution in [1.82, 2.24) is 5.32 Å². The van der Waals surface area contributed by atoms with Crippen molar-refractivity contribution in [3.8, 4) is 0 Å². The maximum Gasteiger partial charge on any atom is 0.238 e. The first kappa shape index (κ1) is 17.6. The molecular weight excluding hydrogens is 328 g/mol. The van der Waals surface area contributed by atoms with Gasteiger partial charge in [-0.2, -0.15) is 0 Å². The Kier molecular flexibility index (Phi) is 5.61. The predicted molar refractivity (Wildman–Crippen MR) is 100 cm³/mol. The molecule has 1 heterocycles. The molecule has 0 saturated carbocycles. The Morgan fingerprint density at radius 3 is 2.38 bits per heavy atom. The molecule has 0 aliphatic rings. The zero-order valence-corrected chi connectivity index (χ0v) is 14.4. The fourth-order valence-corrected chi connectivity index (χ4v) is 2.77. The molecule has 5 heteroatoms. The Morgan fingerprint density at radius 2 is 1.69 bits per heavy atom. The number of rotatable bonds is 7. The van der Waals surface area contributed by atoms with Gasteiger partial charge in [0.15, 0.2) is 5.78 Å². The number of anilines is 1. The van der Waals surface area contributed by atoms with Gasteiger partial charge in [-0.1, -0.05) is 42.5 Å². The molecule has 0 spiro atoms. The molecule has 0 aliphatic carbocycles. The minimum absolute atomic E-state index is 0.0759. The average Bonchev–Trinajstić information content (AvgIpc) is 3.17. The van der Waals surface area contributed by atoms with E-state index in [0.29, 0.717) is 11.3 Å². The Bertz CT molecular complexity index is 873. The first-order valence-corrected chi connectivity index (χ1v) is 8.36. The first-order valence-electron chi connectivity index (χ1n) is 8.36. The molecule has 0 saturated heterocycles. The zero-order valence-electron chi connectivity index (χ0n) is 14.4. The summed E-state index contributed by atoms with van der Waals surface area (Å²) in [4.78, 5) is 24.1. The number of amides is 1. The minimum atomic E-state index is -0.236. The summed E-state index contributed by atoms with van der Waals surface area (Å²) >= 11 is 0. The van der Waals surface area contributed by atoms with Crippen molar-refractivity contribution >= 4 is 17.4 Å². The van der Waals surface area contributed by atoms with Crippen LogP contribution in [0.1, 0.15) is 34.6 Å². The SMILES string of the molecule is CC(=O)c1ccccc1NC(=O)CN[C@@H](c1ccccc1)c1ccco1. The minimum Gasteiger partial charge on any atom is -0.467 e. The molecule has 0 bridgehead atoms. The molecule has 132 valence electrons. The first-order chi connectivity index (χ1) is 12.6. The summed E-state index contributed by atoms with van der Waals surface area (Å²) in [6.07, 6.45) is 1.61. The number of furan rings is 1. The number of carbonyl (C=O) groups is 2. The molecule has 2 N–H and O–H groups in total. The fraction of sp³-hybridized carbons (Fsp3) is 0.143. The van der Waals surface area contributed by atoms with E-state index in [9.17, 15) is 9.59 Å². The molecule has 0 radical (unpaired) electrons. The van der Waals surface area contributed by atoms with E-state index >= 15 is 0 Å². The topological polar surface area (TPSA) is 71.3 Å². The van der Waals surface area contributed by atoms with Crippen molar-refractivity contribution in [2.45, 2.75) is 13.0 Å². The van der Waals surface area contributed by atoms with Crippen LogP contribution >= 0.6 is 0 Å². The maximum atomic E-state index is 12.4. The van der Waals surface area contributed by atoms with Gasteiger partial charge in [0.2, 0.25) is 5.91 Å². The van der Waals surface area contributed by atoms with Crippen LogP contribution in [0.3, 0.4) is 0 Å². The van der Waals surface area contributed by atoms with Crippen LogP contribution in [0.2, 0.25) is 0 Å². The highest BCUT2D eigenvalue weighted by molar-refractivity contribution is 6.04. The van der Waals surface area contributed by atoms with E-state index in [2.05, 4.69) is 10.6 Å². The van der Waals surface area contributed by atoms with Crippen molar-refractivity contribution in [3.63, 3.8) is 0 Å². The van der Waals surface area contributed by atoms with E-state index in [0.717, 1.165) is 11.3 Å². The third kappa shape index (κ3) is 4.26. The lowest BCUT2D eigenvalue weighted by Crippen LogP contribution is -2.32. The highest BCUT2D eigenvalue weighted by Crippen LogP contribution is 2.22. The lowest BCUT2D eigenvalue weighted by Gasteiger charge is -2.17. The molecule has 5 nitrogen and oxygen atoms in total. The quantitative estimate of drug-likeness (QED) is 0.637. The van der Waals surface area contributed by atoms with Gasteiger partial charge in [-0.15, -0.1) is 0 Å². The van der Waals surface area contributed by atoms with Gasteiger partial charge >= 0.3 is 0 Å². The molecule has 0 aliphatic heterocycles. The van der Waals surface area contributed by atoms with Crippen LogP contribution in [0.5, 0.6) is 0 Å². The number of hydrogen-bond donors (Lipinski definition) is 2. The van der Waals surface area contributed by atoms with Gasteiger partial charge in [0.1, 0.15) is 5.76 Å². The van der Waals surface area contributed by atoms with E-state index in [-0.39, 0.29) is 24.3 Å². The van der Waals surface area contributed by atoms with E-state index in [1.165, 1.54) is 6.92 Å². The molecule has 1 amide bonds. The second-order valence-electron chi connectivity index (χ2n) is 5.89. The third-order valence-electron chi connectivity index (χ3n) is 4.01. The Morgan fingerprint density at radius 1 is 0.962 bits per heavy atom. The molecule has 0 fully saturated rings. The van der Waals surface area contributed by atoms with E-state index in [1.54, 1.807) is 30.5 Å². The zero-order chi connectivity index (χ0) is 18.4. The van der Waals surface area contributed by atoms with Gasteiger partial charge < -0.3 is 9.73 Å². The van der Waals surface area contributed by atoms with Crippen LogP contribution < -0.4 is 10.6 Å². The van der Waals surface area contributed by atoms with Crippen LogP contribution in [0.4, 0.5) is 5.69 Å². The number of Topliss-reactive ketones (excluding diaryl/α,β-unsaturated/α-hetero) is 1. The van der Waals surface area contributed by atoms with E-state index < -0.39 is 0 Å². The summed E-state index contributed by atoms with van der Waals surface area (Å²) in [5.41, 5.74) is 2.01. The Hall–Kier alpha value is -3.18. The summed E-state index contributed by atoms with van der Waals surface area (Å²) in [6, 6.07) is 20.2. The standard InChI is InChI=1S/C21H20N2O3/c1-15(24)17-10-5-6-11-18(17)23-20(25)14-22-21(19-12-7-13-26-19)16-8-3-2-4-9-16/h2-13,21-22H,14H2,1H3,(H,23,25)/t21-/m0/s1. The molecule has 0 unspecified atom stereocenters. The molecule has 3 aromatic rings. The lowest BCUT2D eigenvalue weighted by atomic mass is 10.0. The molecule has 1 atom stereocenters. The van der Waals surface area contributed by atoms with Gasteiger partial charge in [-0.3, -0.25) is 14.9 Å². The van der Waals surface area contributed by atoms with Gasteiger partial charge in [-0.25, -0.2) is 0 Å². The van der Waals surface area contributed by atoms with Crippen LogP contribution in [0, 0.1) is 0 Å². The van der Waals surface area contributed by atoms with Gasteiger partial charge in [0.25, 0.3) is 0 Å². The van der Waals surface area contributed by atoms with Crippen molar-refractivity contribution in [2.24, 2.45) is 0 Å². The highest BCUT2D eigenvalue weighted by Gasteiger charge is 2.18. The second-order valence-corrected chi connectivity index (χ2v) is 5.89. The average molecular weight is 348 g/mol. The van der Waals surface area contributed by atoms with Crippen molar-refractivity contribution in [3.05, 3.63) is 89.9 Å². The van der Waals surface area contributed by atoms with Gasteiger partial charge in [0, 0.05) is 5.56 Å². The van der Waals surface area contributed by atoms with Crippen molar-refractivity contribution in [2.75, 3.05) is 11.9 Å². The van der Waals surface area contributed by atoms with Gasteiger partial charge in [0.05, 0.1) is 24.5 Å². The van der Waals surface area contributed by atoms with Crippen LogP contribution in [0.25, 0.3) is 0 Å². The van der Waals surface area contributed by atoms with Gasteiger partial charge in [-0.05, 0) is 36.8 Å². The fourth-order valence-electron chi connectivity index (χ4n) is 2.77. The summed E-state index contributed by atoms with van der Waals surface area (Å²) in [5, 5.41) is 6.01. The predicted octanol–water partition coefficient (Wildman–Crippen LogP) is 3.80. The van der Waals surface area contributed by atoms with Crippen molar-refractivity contribution < 1.29 is 14.0 Å². The number of para-hydroxylation sites is 1. The van der Waals surface area contributed by atoms with Crippen LogP contribution in [-0.4, -0.2) is 18.2 Å². The summed E-state index contributed by atoms with van der Waals surface area (Å²) in [7, 11) is 0. The molecule has 2 aromatic carbocycles. The van der Waals surface area contributed by atoms with Crippen LogP contribution in [-0.2, 0) is 4.79 Å². The molecule has 26 heavy (non-hydrogen) atoms.